The van der Waals surface area contributed by atoms with E-state index in [0.717, 1.165) is 12.0 Å². The van der Waals surface area contributed by atoms with Crippen LogP contribution >= 0.6 is 0 Å². The maximum absolute atomic E-state index is 13.3. The number of nitrogens with one attached hydrogen (secondary N) is 1. The highest BCUT2D eigenvalue weighted by Gasteiger charge is 2.05. The number of rotatable bonds is 3. The van der Waals surface area contributed by atoms with E-state index in [-0.39, 0.29) is 12.4 Å². The van der Waals surface area contributed by atoms with Crippen LogP contribution in [0.25, 0.3) is 0 Å². The molecule has 1 amide bonds. The van der Waals surface area contributed by atoms with Gasteiger partial charge in [0.1, 0.15) is 5.82 Å². The lowest BCUT2D eigenvalue weighted by molar-refractivity contribution is 0.170. The van der Waals surface area contributed by atoms with Crippen molar-refractivity contribution in [2.45, 2.75) is 19.9 Å². The summed E-state index contributed by atoms with van der Waals surface area (Å²) in [4.78, 5) is 10.8. The first-order valence-corrected chi connectivity index (χ1v) is 4.76. The topological polar surface area (TPSA) is 38.3 Å². The largest absolute Gasteiger partial charge is 0.453 e. The van der Waals surface area contributed by atoms with Gasteiger partial charge in [-0.05, 0) is 18.1 Å². The van der Waals surface area contributed by atoms with E-state index < -0.39 is 6.09 Å². The number of carbonyl (C=O) groups excluding carboxylic acids is 1. The number of carbonyl (C=O) groups is 1. The number of methoxy groups -OCH3 is 1. The lowest BCUT2D eigenvalue weighted by Gasteiger charge is -2.06. The number of aryl methyl sites for hydroxylation is 1. The molecule has 1 rings (SSSR count). The summed E-state index contributed by atoms with van der Waals surface area (Å²) in [6, 6.07) is 4.88. The minimum Gasteiger partial charge on any atom is -0.453 e. The van der Waals surface area contributed by atoms with E-state index in [9.17, 15) is 9.18 Å². The third kappa shape index (κ3) is 3.23. The highest BCUT2D eigenvalue weighted by atomic mass is 19.1. The van der Waals surface area contributed by atoms with Crippen molar-refractivity contribution >= 4 is 6.09 Å². The summed E-state index contributed by atoms with van der Waals surface area (Å²) in [7, 11) is 1.27. The Labute approximate surface area is 88.2 Å². The molecule has 0 atom stereocenters. The van der Waals surface area contributed by atoms with E-state index in [2.05, 4.69) is 10.1 Å². The van der Waals surface area contributed by atoms with Crippen LogP contribution in [0, 0.1) is 5.82 Å². The molecule has 1 aromatic rings. The molecule has 0 unspecified atom stereocenters. The van der Waals surface area contributed by atoms with Gasteiger partial charge in [0.05, 0.1) is 7.11 Å². The molecule has 82 valence electrons. The van der Waals surface area contributed by atoms with Crippen LogP contribution in [0.1, 0.15) is 18.1 Å². The molecule has 1 aromatic carbocycles. The Hall–Kier alpha value is -1.58. The van der Waals surface area contributed by atoms with Gasteiger partial charge in [-0.1, -0.05) is 19.1 Å². The van der Waals surface area contributed by atoms with Crippen molar-refractivity contribution < 1.29 is 13.9 Å². The lowest BCUT2D eigenvalue weighted by Crippen LogP contribution is -2.22. The van der Waals surface area contributed by atoms with Crippen LogP contribution in [-0.4, -0.2) is 13.2 Å². The summed E-state index contributed by atoms with van der Waals surface area (Å²) in [6.07, 6.45) is 0.280. The summed E-state index contributed by atoms with van der Waals surface area (Å²) in [6.45, 7) is 2.14. The van der Waals surface area contributed by atoms with E-state index in [1.807, 2.05) is 6.92 Å². The van der Waals surface area contributed by atoms with Gasteiger partial charge in [0, 0.05) is 12.1 Å². The van der Waals surface area contributed by atoms with Crippen molar-refractivity contribution in [1.29, 1.82) is 0 Å². The number of hydrogen-bond acceptors (Lipinski definition) is 2. The number of benzene rings is 1. The number of hydrogen-bond donors (Lipinski definition) is 1. The molecule has 4 heteroatoms. The minimum atomic E-state index is -0.559. The van der Waals surface area contributed by atoms with Crippen molar-refractivity contribution in [2.75, 3.05) is 7.11 Å². The summed E-state index contributed by atoms with van der Waals surface area (Å²) in [5.41, 5.74) is 1.51. The third-order valence-corrected chi connectivity index (χ3v) is 2.13. The van der Waals surface area contributed by atoms with Gasteiger partial charge in [-0.25, -0.2) is 9.18 Å². The Kier molecular flexibility index (Phi) is 4.09. The standard InChI is InChI=1S/C11H14FNO2/c1-3-8-4-5-10(12)9(6-8)7-13-11(14)15-2/h4-6H,3,7H2,1-2H3,(H,13,14). The van der Waals surface area contributed by atoms with Crippen LogP contribution in [-0.2, 0) is 17.7 Å². The van der Waals surface area contributed by atoms with E-state index >= 15 is 0 Å². The fourth-order valence-corrected chi connectivity index (χ4v) is 1.22. The molecule has 0 bridgehead atoms. The van der Waals surface area contributed by atoms with Gasteiger partial charge in [0.25, 0.3) is 0 Å². The average Bonchev–Trinajstić information content (AvgIpc) is 2.27. The second-order valence-corrected chi connectivity index (χ2v) is 3.12. The van der Waals surface area contributed by atoms with Gasteiger partial charge >= 0.3 is 6.09 Å². The highest BCUT2D eigenvalue weighted by Crippen LogP contribution is 2.10. The molecule has 0 heterocycles. The number of ether oxygens (including phenoxy) is 1. The van der Waals surface area contributed by atoms with Crippen LogP contribution < -0.4 is 5.32 Å². The zero-order chi connectivity index (χ0) is 11.3. The van der Waals surface area contributed by atoms with Gasteiger partial charge in [0.15, 0.2) is 0 Å². The maximum Gasteiger partial charge on any atom is 0.407 e. The predicted octanol–water partition coefficient (Wildman–Crippen LogP) is 2.24. The first-order valence-electron chi connectivity index (χ1n) is 4.76. The smallest absolute Gasteiger partial charge is 0.407 e. The second-order valence-electron chi connectivity index (χ2n) is 3.12. The Bertz CT molecular complexity index is 352. The van der Waals surface area contributed by atoms with Crippen molar-refractivity contribution in [3.63, 3.8) is 0 Å². The fourth-order valence-electron chi connectivity index (χ4n) is 1.22. The molecule has 0 aliphatic rings. The molecule has 0 aliphatic carbocycles. The lowest BCUT2D eigenvalue weighted by atomic mass is 10.1. The van der Waals surface area contributed by atoms with Crippen LogP contribution in [0.15, 0.2) is 18.2 Å². The molecule has 0 aliphatic heterocycles. The zero-order valence-corrected chi connectivity index (χ0v) is 8.84. The quantitative estimate of drug-likeness (QED) is 0.832. The van der Waals surface area contributed by atoms with Crippen molar-refractivity contribution in [1.82, 2.24) is 5.32 Å². The summed E-state index contributed by atoms with van der Waals surface area (Å²) in [5.74, 6) is -0.316. The van der Waals surface area contributed by atoms with Gasteiger partial charge in [-0.2, -0.15) is 0 Å². The normalized spacial score (nSPS) is 9.80. The van der Waals surface area contributed by atoms with E-state index in [4.69, 9.17) is 0 Å². The third-order valence-electron chi connectivity index (χ3n) is 2.13. The molecule has 0 fully saturated rings. The van der Waals surface area contributed by atoms with Crippen molar-refractivity contribution in [3.8, 4) is 0 Å². The molecule has 0 aromatic heterocycles. The predicted molar refractivity (Wildman–Crippen MR) is 55.0 cm³/mol. The van der Waals surface area contributed by atoms with Crippen LogP contribution in [0.5, 0.6) is 0 Å². The molecule has 0 radical (unpaired) electrons. The first-order chi connectivity index (χ1) is 7.17. The SMILES string of the molecule is CCc1ccc(F)c(CNC(=O)OC)c1. The first kappa shape index (κ1) is 11.5. The van der Waals surface area contributed by atoms with Gasteiger partial charge < -0.3 is 10.1 Å². The van der Waals surface area contributed by atoms with Crippen LogP contribution in [0.3, 0.4) is 0 Å². The highest BCUT2D eigenvalue weighted by molar-refractivity contribution is 5.66. The van der Waals surface area contributed by atoms with Gasteiger partial charge in [-0.15, -0.1) is 0 Å². The molecule has 0 saturated heterocycles. The molecule has 0 saturated carbocycles. The number of halogens is 1. The Balaban J connectivity index is 2.70. The molecular formula is C11H14FNO2. The zero-order valence-electron chi connectivity index (χ0n) is 8.84. The maximum atomic E-state index is 13.3. The molecule has 3 nitrogen and oxygen atoms in total. The monoisotopic (exact) mass is 211 g/mol. The Morgan fingerprint density at radius 2 is 2.27 bits per heavy atom. The average molecular weight is 211 g/mol. The fraction of sp³-hybridized carbons (Fsp3) is 0.364. The van der Waals surface area contributed by atoms with Gasteiger partial charge in [0.2, 0.25) is 0 Å². The van der Waals surface area contributed by atoms with Crippen LogP contribution in [0.4, 0.5) is 9.18 Å². The van der Waals surface area contributed by atoms with Crippen molar-refractivity contribution in [3.05, 3.63) is 35.1 Å². The Morgan fingerprint density at radius 1 is 1.53 bits per heavy atom. The Morgan fingerprint density at radius 3 is 2.87 bits per heavy atom. The van der Waals surface area contributed by atoms with E-state index in [0.29, 0.717) is 5.56 Å². The minimum absolute atomic E-state index is 0.145. The number of alkyl carbamates (subject to hydrolysis) is 1. The molecule has 15 heavy (non-hydrogen) atoms. The van der Waals surface area contributed by atoms with E-state index in [1.54, 1.807) is 12.1 Å². The molecular weight excluding hydrogens is 197 g/mol. The summed E-state index contributed by atoms with van der Waals surface area (Å²) in [5, 5.41) is 2.44. The molecule has 0 spiro atoms. The summed E-state index contributed by atoms with van der Waals surface area (Å²) >= 11 is 0. The van der Waals surface area contributed by atoms with Crippen LogP contribution in [0.2, 0.25) is 0 Å². The van der Waals surface area contributed by atoms with Gasteiger partial charge in [-0.3, -0.25) is 0 Å². The van der Waals surface area contributed by atoms with Crippen molar-refractivity contribution in [2.24, 2.45) is 0 Å². The summed E-state index contributed by atoms with van der Waals surface area (Å²) < 4.78 is 17.7. The van der Waals surface area contributed by atoms with E-state index in [1.165, 1.54) is 13.2 Å². The molecule has 1 N–H and O–H groups in total. The number of amides is 1. The second kappa shape index (κ2) is 5.34.